The maximum atomic E-state index is 12.3. The van der Waals surface area contributed by atoms with Gasteiger partial charge in [-0.3, -0.25) is 0 Å². The SMILES string of the molecule is CC(C)C(C)N(C)CC(C#N)C(F)(F)F. The molecule has 0 aliphatic rings. The number of rotatable bonds is 4. The first-order chi connectivity index (χ1) is 6.70. The summed E-state index contributed by atoms with van der Waals surface area (Å²) in [6, 6.07) is 1.33. The van der Waals surface area contributed by atoms with Crippen molar-refractivity contribution < 1.29 is 13.2 Å². The maximum Gasteiger partial charge on any atom is 0.405 e. The van der Waals surface area contributed by atoms with E-state index in [1.54, 1.807) is 11.9 Å². The highest BCUT2D eigenvalue weighted by atomic mass is 19.4. The van der Waals surface area contributed by atoms with Crippen LogP contribution >= 0.6 is 0 Å². The summed E-state index contributed by atoms with van der Waals surface area (Å²) >= 11 is 0. The van der Waals surface area contributed by atoms with Gasteiger partial charge >= 0.3 is 6.18 Å². The van der Waals surface area contributed by atoms with Crippen LogP contribution in [-0.4, -0.2) is 30.7 Å². The van der Waals surface area contributed by atoms with Gasteiger partial charge in [-0.15, -0.1) is 0 Å². The van der Waals surface area contributed by atoms with E-state index in [1.807, 2.05) is 20.8 Å². The Morgan fingerprint density at radius 2 is 1.73 bits per heavy atom. The predicted octanol–water partition coefficient (Wildman–Crippen LogP) is 2.66. The predicted molar refractivity (Wildman–Crippen MR) is 52.1 cm³/mol. The summed E-state index contributed by atoms with van der Waals surface area (Å²) < 4.78 is 36.9. The Hall–Kier alpha value is -0.760. The number of hydrogen-bond acceptors (Lipinski definition) is 2. The minimum absolute atomic E-state index is 0.0307. The van der Waals surface area contributed by atoms with E-state index in [9.17, 15) is 13.2 Å². The average Bonchev–Trinajstić information content (AvgIpc) is 2.10. The van der Waals surface area contributed by atoms with Crippen molar-refractivity contribution in [3.63, 3.8) is 0 Å². The zero-order chi connectivity index (χ0) is 12.2. The number of halogens is 3. The highest BCUT2D eigenvalue weighted by Gasteiger charge is 2.40. The normalized spacial score (nSPS) is 16.5. The fraction of sp³-hybridized carbons (Fsp3) is 0.900. The molecular formula is C10H17F3N2. The first-order valence-electron chi connectivity index (χ1n) is 4.86. The molecule has 15 heavy (non-hydrogen) atoms. The van der Waals surface area contributed by atoms with E-state index in [1.165, 1.54) is 6.07 Å². The highest BCUT2D eigenvalue weighted by Crippen LogP contribution is 2.27. The van der Waals surface area contributed by atoms with Crippen LogP contribution in [0.3, 0.4) is 0 Å². The fourth-order valence-electron chi connectivity index (χ4n) is 1.18. The molecule has 0 heterocycles. The number of alkyl halides is 3. The Morgan fingerprint density at radius 1 is 1.27 bits per heavy atom. The second-order valence-electron chi connectivity index (χ2n) is 4.15. The molecule has 0 aromatic rings. The Bertz CT molecular complexity index is 230. The molecule has 0 saturated heterocycles. The second-order valence-corrected chi connectivity index (χ2v) is 4.15. The smallest absolute Gasteiger partial charge is 0.302 e. The van der Waals surface area contributed by atoms with Crippen molar-refractivity contribution in [2.75, 3.05) is 13.6 Å². The van der Waals surface area contributed by atoms with Crippen LogP contribution in [0.4, 0.5) is 13.2 Å². The Balaban J connectivity index is 4.40. The van der Waals surface area contributed by atoms with Crippen molar-refractivity contribution in [3.8, 4) is 6.07 Å². The molecule has 2 unspecified atom stereocenters. The van der Waals surface area contributed by atoms with Crippen molar-refractivity contribution in [3.05, 3.63) is 0 Å². The summed E-state index contributed by atoms with van der Waals surface area (Å²) in [5.41, 5.74) is 0. The molecule has 0 fully saturated rings. The minimum Gasteiger partial charge on any atom is -0.302 e. The molecule has 0 aromatic heterocycles. The van der Waals surface area contributed by atoms with Crippen LogP contribution in [0, 0.1) is 23.2 Å². The van der Waals surface area contributed by atoms with E-state index >= 15 is 0 Å². The van der Waals surface area contributed by atoms with Crippen LogP contribution < -0.4 is 0 Å². The zero-order valence-electron chi connectivity index (χ0n) is 9.47. The molecule has 2 nitrogen and oxygen atoms in total. The molecule has 0 spiro atoms. The third-order valence-corrected chi connectivity index (χ3v) is 2.68. The topological polar surface area (TPSA) is 27.0 Å². The first kappa shape index (κ1) is 14.2. The van der Waals surface area contributed by atoms with E-state index in [0.717, 1.165) is 0 Å². The van der Waals surface area contributed by atoms with Gasteiger partial charge in [0.1, 0.15) is 0 Å². The summed E-state index contributed by atoms with van der Waals surface area (Å²) in [5, 5.41) is 8.43. The van der Waals surface area contributed by atoms with E-state index < -0.39 is 12.1 Å². The highest BCUT2D eigenvalue weighted by molar-refractivity contribution is 4.91. The third-order valence-electron chi connectivity index (χ3n) is 2.68. The number of nitriles is 1. The fourth-order valence-corrected chi connectivity index (χ4v) is 1.18. The largest absolute Gasteiger partial charge is 0.405 e. The first-order valence-corrected chi connectivity index (χ1v) is 4.86. The lowest BCUT2D eigenvalue weighted by Crippen LogP contribution is -2.40. The van der Waals surface area contributed by atoms with Gasteiger partial charge in [0.2, 0.25) is 0 Å². The second kappa shape index (κ2) is 5.36. The van der Waals surface area contributed by atoms with Gasteiger partial charge in [-0.05, 0) is 19.9 Å². The lowest BCUT2D eigenvalue weighted by molar-refractivity contribution is -0.163. The van der Waals surface area contributed by atoms with E-state index in [4.69, 9.17) is 5.26 Å². The van der Waals surface area contributed by atoms with Gasteiger partial charge in [0.25, 0.3) is 0 Å². The van der Waals surface area contributed by atoms with Crippen LogP contribution in [-0.2, 0) is 0 Å². The maximum absolute atomic E-state index is 12.3. The van der Waals surface area contributed by atoms with Crippen LogP contribution in [0.5, 0.6) is 0 Å². The van der Waals surface area contributed by atoms with Gasteiger partial charge in [0.15, 0.2) is 5.92 Å². The van der Waals surface area contributed by atoms with Crippen molar-refractivity contribution in [2.45, 2.75) is 33.0 Å². The van der Waals surface area contributed by atoms with Gasteiger partial charge in [0, 0.05) is 12.6 Å². The third kappa shape index (κ3) is 4.52. The molecule has 0 N–H and O–H groups in total. The number of nitrogens with zero attached hydrogens (tertiary/aromatic N) is 2. The molecule has 0 aromatic carbocycles. The molecule has 0 aliphatic heterocycles. The summed E-state index contributed by atoms with van der Waals surface area (Å²) in [4.78, 5) is 1.58. The van der Waals surface area contributed by atoms with Crippen molar-refractivity contribution in [2.24, 2.45) is 11.8 Å². The molecule has 88 valence electrons. The standard InChI is InChI=1S/C10H17F3N2/c1-7(2)8(3)15(4)6-9(5-14)10(11,12)13/h7-9H,6H2,1-4H3. The van der Waals surface area contributed by atoms with Gasteiger partial charge in [-0.2, -0.15) is 18.4 Å². The summed E-state index contributed by atoms with van der Waals surface area (Å²) in [7, 11) is 1.61. The molecule has 0 rings (SSSR count). The zero-order valence-corrected chi connectivity index (χ0v) is 9.47. The summed E-state index contributed by atoms with van der Waals surface area (Å²) in [5.74, 6) is -1.63. The van der Waals surface area contributed by atoms with E-state index in [2.05, 4.69) is 0 Å². The van der Waals surface area contributed by atoms with Crippen molar-refractivity contribution in [1.29, 1.82) is 5.26 Å². The molecular weight excluding hydrogens is 205 g/mol. The van der Waals surface area contributed by atoms with Crippen molar-refractivity contribution in [1.82, 2.24) is 4.90 Å². The van der Waals surface area contributed by atoms with Crippen LogP contribution in [0.1, 0.15) is 20.8 Å². The molecule has 0 saturated carbocycles. The minimum atomic E-state index is -4.43. The molecule has 0 aliphatic carbocycles. The Labute approximate surface area is 88.7 Å². The summed E-state index contributed by atoms with van der Waals surface area (Å²) in [6.45, 7) is 5.47. The Morgan fingerprint density at radius 3 is 2.00 bits per heavy atom. The van der Waals surface area contributed by atoms with Gasteiger partial charge in [-0.25, -0.2) is 0 Å². The van der Waals surface area contributed by atoms with Gasteiger partial charge in [0.05, 0.1) is 6.07 Å². The van der Waals surface area contributed by atoms with Crippen LogP contribution in [0.25, 0.3) is 0 Å². The van der Waals surface area contributed by atoms with Crippen LogP contribution in [0.2, 0.25) is 0 Å². The van der Waals surface area contributed by atoms with E-state index in [0.29, 0.717) is 0 Å². The lowest BCUT2D eigenvalue weighted by Gasteiger charge is -2.29. The lowest BCUT2D eigenvalue weighted by atomic mass is 10.0. The molecule has 2 atom stereocenters. The molecule has 0 radical (unpaired) electrons. The monoisotopic (exact) mass is 222 g/mol. The quantitative estimate of drug-likeness (QED) is 0.731. The average molecular weight is 222 g/mol. The molecule has 0 bridgehead atoms. The molecule has 5 heteroatoms. The summed E-state index contributed by atoms with van der Waals surface area (Å²) in [6.07, 6.45) is -4.43. The molecule has 0 amide bonds. The van der Waals surface area contributed by atoms with Crippen LogP contribution in [0.15, 0.2) is 0 Å². The van der Waals surface area contributed by atoms with Gasteiger partial charge < -0.3 is 4.90 Å². The Kier molecular flexibility index (Phi) is 5.09. The van der Waals surface area contributed by atoms with E-state index in [-0.39, 0.29) is 18.5 Å². The number of hydrogen-bond donors (Lipinski definition) is 0. The van der Waals surface area contributed by atoms with Crippen molar-refractivity contribution >= 4 is 0 Å². The van der Waals surface area contributed by atoms with Gasteiger partial charge in [-0.1, -0.05) is 13.8 Å².